The van der Waals surface area contributed by atoms with Crippen LogP contribution >= 0.6 is 23.6 Å². The van der Waals surface area contributed by atoms with Crippen LogP contribution in [0.1, 0.15) is 38.7 Å². The van der Waals surface area contributed by atoms with Crippen molar-refractivity contribution in [3.05, 3.63) is 52.4 Å². The van der Waals surface area contributed by atoms with Crippen LogP contribution in [0.4, 0.5) is 0 Å². The Morgan fingerprint density at radius 1 is 1.21 bits per heavy atom. The highest BCUT2D eigenvalue weighted by Crippen LogP contribution is 2.27. The molecule has 3 aromatic heterocycles. The maximum absolute atomic E-state index is 13.2. The molecule has 0 saturated heterocycles. The number of H-pyrrole nitrogens is 2. The van der Waals surface area contributed by atoms with Crippen molar-refractivity contribution in [2.75, 3.05) is 0 Å². The van der Waals surface area contributed by atoms with Gasteiger partial charge in [0.25, 0.3) is 0 Å². The lowest BCUT2D eigenvalue weighted by atomic mass is 10.0. The lowest BCUT2D eigenvalue weighted by Gasteiger charge is -2.23. The zero-order valence-corrected chi connectivity index (χ0v) is 18.0. The summed E-state index contributed by atoms with van der Waals surface area (Å²) in [4.78, 5) is 22.1. The molecule has 0 radical (unpaired) electrons. The van der Waals surface area contributed by atoms with E-state index in [2.05, 4.69) is 39.3 Å². The van der Waals surface area contributed by atoms with E-state index in [0.29, 0.717) is 10.6 Å². The van der Waals surface area contributed by atoms with Gasteiger partial charge in [-0.15, -0.1) is 11.3 Å². The van der Waals surface area contributed by atoms with Crippen LogP contribution in [0, 0.1) is 10.7 Å². The summed E-state index contributed by atoms with van der Waals surface area (Å²) in [6.07, 6.45) is 0. The lowest BCUT2D eigenvalue weighted by molar-refractivity contribution is -0.125. The Labute approximate surface area is 177 Å². The monoisotopic (exact) mass is 426 g/mol. The van der Waals surface area contributed by atoms with E-state index < -0.39 is 6.04 Å². The average Bonchev–Trinajstić information content (AvgIpc) is 3.43. The highest BCUT2D eigenvalue weighted by molar-refractivity contribution is 7.71. The zero-order chi connectivity index (χ0) is 20.5. The lowest BCUT2D eigenvalue weighted by Crippen LogP contribution is -2.37. The number of amides is 1. The zero-order valence-electron chi connectivity index (χ0n) is 16.3. The normalized spacial score (nSPS) is 13.7. The van der Waals surface area contributed by atoms with Gasteiger partial charge in [0.1, 0.15) is 11.9 Å². The molecule has 3 N–H and O–H groups in total. The van der Waals surface area contributed by atoms with Gasteiger partial charge in [-0.3, -0.25) is 14.5 Å². The van der Waals surface area contributed by atoms with Crippen molar-refractivity contribution in [2.24, 2.45) is 5.92 Å². The predicted molar refractivity (Wildman–Crippen MR) is 117 cm³/mol. The van der Waals surface area contributed by atoms with E-state index in [0.717, 1.165) is 21.7 Å². The Hall–Kier alpha value is -2.78. The van der Waals surface area contributed by atoms with Gasteiger partial charge in [-0.2, -0.15) is 5.10 Å². The summed E-state index contributed by atoms with van der Waals surface area (Å²) in [6.45, 7) is 5.94. The van der Waals surface area contributed by atoms with E-state index in [9.17, 15) is 4.79 Å². The van der Waals surface area contributed by atoms with E-state index in [4.69, 9.17) is 12.2 Å². The number of imidazole rings is 1. The van der Waals surface area contributed by atoms with Crippen LogP contribution in [0.5, 0.6) is 0 Å². The fourth-order valence-corrected chi connectivity index (χ4v) is 4.31. The van der Waals surface area contributed by atoms with E-state index in [1.165, 1.54) is 0 Å². The van der Waals surface area contributed by atoms with Crippen LogP contribution in [0.15, 0.2) is 41.8 Å². The summed E-state index contributed by atoms with van der Waals surface area (Å²) < 4.78 is 2.17. The summed E-state index contributed by atoms with van der Waals surface area (Å²) in [5.41, 5.74) is 1.83. The molecule has 0 aliphatic heterocycles. The number of fused-ring (bicyclic) bond motifs is 1. The molecule has 29 heavy (non-hydrogen) atoms. The number of hydrogen-bond donors (Lipinski definition) is 3. The molecule has 3 heterocycles. The van der Waals surface area contributed by atoms with E-state index in [-0.39, 0.29) is 17.9 Å². The van der Waals surface area contributed by atoms with Gasteiger partial charge in [0.2, 0.25) is 5.91 Å². The quantitative estimate of drug-likeness (QED) is 0.392. The van der Waals surface area contributed by atoms with Gasteiger partial charge in [0, 0.05) is 0 Å². The minimum Gasteiger partial charge on any atom is -0.344 e. The highest BCUT2D eigenvalue weighted by atomic mass is 32.1. The van der Waals surface area contributed by atoms with Gasteiger partial charge in [0.05, 0.1) is 22.0 Å². The Morgan fingerprint density at radius 2 is 2.00 bits per heavy atom. The molecule has 7 nitrogen and oxygen atoms in total. The molecule has 150 valence electrons. The Morgan fingerprint density at radius 3 is 2.69 bits per heavy atom. The van der Waals surface area contributed by atoms with Crippen LogP contribution in [0.3, 0.4) is 0 Å². The van der Waals surface area contributed by atoms with Gasteiger partial charge < -0.3 is 10.3 Å². The summed E-state index contributed by atoms with van der Waals surface area (Å²) in [6, 6.07) is 11.0. The van der Waals surface area contributed by atoms with Crippen molar-refractivity contribution in [1.82, 2.24) is 30.0 Å². The number of hydrogen-bond acceptors (Lipinski definition) is 5. The molecule has 0 aliphatic carbocycles. The largest absolute Gasteiger partial charge is 0.344 e. The Balaban J connectivity index is 1.62. The standard InChI is InChI=1S/C20H22N6OS2/c1-11(2)16(17-21-13-7-4-5-8-14(13)22-17)23-19(27)12(3)26-18(24-25-20(26)28)15-9-6-10-29-15/h4-12,16H,1-3H3,(H,21,22)(H,23,27)(H,25,28). The summed E-state index contributed by atoms with van der Waals surface area (Å²) in [7, 11) is 0. The molecule has 1 amide bonds. The number of nitrogens with one attached hydrogen (secondary N) is 3. The smallest absolute Gasteiger partial charge is 0.243 e. The third kappa shape index (κ3) is 3.75. The van der Waals surface area contributed by atoms with Crippen LogP contribution in [0.2, 0.25) is 0 Å². The molecule has 0 aliphatic rings. The number of thiophene rings is 1. The van der Waals surface area contributed by atoms with E-state index >= 15 is 0 Å². The fourth-order valence-electron chi connectivity index (χ4n) is 3.31. The highest BCUT2D eigenvalue weighted by Gasteiger charge is 2.27. The maximum Gasteiger partial charge on any atom is 0.243 e. The number of para-hydroxylation sites is 2. The van der Waals surface area contributed by atoms with Crippen molar-refractivity contribution in [3.63, 3.8) is 0 Å². The number of carbonyl (C=O) groups is 1. The molecule has 4 aromatic rings. The van der Waals surface area contributed by atoms with Crippen molar-refractivity contribution >= 4 is 40.5 Å². The molecule has 1 aromatic carbocycles. The average molecular weight is 427 g/mol. The minimum atomic E-state index is -0.524. The number of rotatable bonds is 6. The van der Waals surface area contributed by atoms with Crippen LogP contribution < -0.4 is 5.32 Å². The summed E-state index contributed by atoms with van der Waals surface area (Å²) >= 11 is 6.95. The molecule has 2 atom stereocenters. The first-order valence-electron chi connectivity index (χ1n) is 9.41. The van der Waals surface area contributed by atoms with E-state index in [1.54, 1.807) is 15.9 Å². The minimum absolute atomic E-state index is 0.139. The van der Waals surface area contributed by atoms with Crippen LogP contribution in [0.25, 0.3) is 21.7 Å². The topological polar surface area (TPSA) is 91.4 Å². The molecular formula is C20H22N6OS2. The number of nitrogens with zero attached hydrogens (tertiary/aromatic N) is 3. The van der Waals surface area contributed by atoms with Gasteiger partial charge in [-0.25, -0.2) is 4.98 Å². The van der Waals surface area contributed by atoms with Crippen molar-refractivity contribution in [2.45, 2.75) is 32.9 Å². The summed E-state index contributed by atoms with van der Waals surface area (Å²) in [5.74, 6) is 1.42. The fraction of sp³-hybridized carbons (Fsp3) is 0.300. The van der Waals surface area contributed by atoms with Gasteiger partial charge >= 0.3 is 0 Å². The van der Waals surface area contributed by atoms with Crippen LogP contribution in [-0.2, 0) is 4.79 Å². The summed E-state index contributed by atoms with van der Waals surface area (Å²) in [5, 5.41) is 12.2. The Kier molecular flexibility index (Phi) is 5.33. The first kappa shape index (κ1) is 19.5. The first-order valence-corrected chi connectivity index (χ1v) is 10.7. The molecular weight excluding hydrogens is 404 g/mol. The van der Waals surface area contributed by atoms with Crippen molar-refractivity contribution in [1.29, 1.82) is 0 Å². The van der Waals surface area contributed by atoms with Gasteiger partial charge in [0.15, 0.2) is 10.6 Å². The second-order valence-corrected chi connectivity index (χ2v) is 8.58. The van der Waals surface area contributed by atoms with Crippen molar-refractivity contribution < 1.29 is 4.79 Å². The molecule has 2 unspecified atom stereocenters. The molecule has 0 spiro atoms. The van der Waals surface area contributed by atoms with E-state index in [1.807, 2.05) is 48.7 Å². The Bertz CT molecular complexity index is 1150. The first-order chi connectivity index (χ1) is 14.0. The van der Waals surface area contributed by atoms with Gasteiger partial charge in [-0.05, 0) is 48.6 Å². The number of benzene rings is 1. The third-order valence-corrected chi connectivity index (χ3v) is 6.03. The predicted octanol–water partition coefficient (Wildman–Crippen LogP) is 4.62. The second kappa shape index (κ2) is 7.92. The SMILES string of the molecule is CC(C)C(NC(=O)C(C)n1c(-c2cccs2)n[nH]c1=S)c1nc2ccccc2[nH]1. The second-order valence-electron chi connectivity index (χ2n) is 7.25. The molecule has 0 saturated carbocycles. The number of carbonyl (C=O) groups excluding carboxylic acids is 1. The number of aromatic amines is 2. The number of aromatic nitrogens is 5. The van der Waals surface area contributed by atoms with Crippen LogP contribution in [-0.4, -0.2) is 30.6 Å². The molecule has 4 rings (SSSR count). The molecule has 9 heteroatoms. The van der Waals surface area contributed by atoms with Gasteiger partial charge in [-0.1, -0.05) is 32.0 Å². The third-order valence-electron chi connectivity index (χ3n) is 4.88. The van der Waals surface area contributed by atoms with Crippen molar-refractivity contribution in [3.8, 4) is 10.7 Å². The molecule has 0 bridgehead atoms. The maximum atomic E-state index is 13.2. The molecule has 0 fully saturated rings.